The first-order valence-electron chi connectivity index (χ1n) is 6.81. The van der Waals surface area contributed by atoms with Gasteiger partial charge in [-0.1, -0.05) is 48.0 Å². The van der Waals surface area contributed by atoms with E-state index in [0.717, 1.165) is 10.5 Å². The summed E-state index contributed by atoms with van der Waals surface area (Å²) in [5.41, 5.74) is 2.12. The molecule has 0 aliphatic rings. The highest BCUT2D eigenvalue weighted by molar-refractivity contribution is 8.00. The number of carbonyl (C=O) groups is 1. The number of nitrogens with one attached hydrogen (secondary N) is 1. The van der Waals surface area contributed by atoms with Crippen LogP contribution in [-0.2, 0) is 11.3 Å². The summed E-state index contributed by atoms with van der Waals surface area (Å²) >= 11 is 7.65. The second-order valence-electron chi connectivity index (χ2n) is 4.83. The van der Waals surface area contributed by atoms with Crippen molar-refractivity contribution in [2.45, 2.75) is 30.5 Å². The highest BCUT2D eigenvalue weighted by Gasteiger charge is 2.15. The van der Waals surface area contributed by atoms with Crippen molar-refractivity contribution < 1.29 is 4.79 Å². The molecule has 21 heavy (non-hydrogen) atoms. The van der Waals surface area contributed by atoms with E-state index in [-0.39, 0.29) is 11.2 Å². The summed E-state index contributed by atoms with van der Waals surface area (Å²) in [5.74, 6) is 0.0168. The number of carbonyl (C=O) groups excluding carboxylic acids is 1. The van der Waals surface area contributed by atoms with Gasteiger partial charge in [0.2, 0.25) is 5.91 Å². The Kier molecular flexibility index (Phi) is 5.71. The van der Waals surface area contributed by atoms with Crippen LogP contribution in [0.3, 0.4) is 0 Å². The Labute approximate surface area is 134 Å². The van der Waals surface area contributed by atoms with Crippen LogP contribution >= 0.6 is 23.4 Å². The molecule has 1 N–H and O–H groups in total. The maximum absolute atomic E-state index is 12.2. The summed E-state index contributed by atoms with van der Waals surface area (Å²) in [7, 11) is 0. The summed E-state index contributed by atoms with van der Waals surface area (Å²) in [6, 6.07) is 15.6. The Morgan fingerprint density at radius 2 is 1.86 bits per heavy atom. The van der Waals surface area contributed by atoms with Crippen LogP contribution in [0.2, 0.25) is 5.02 Å². The van der Waals surface area contributed by atoms with Crippen molar-refractivity contribution in [3.8, 4) is 0 Å². The summed E-state index contributed by atoms with van der Waals surface area (Å²) in [4.78, 5) is 13.3. The molecule has 0 radical (unpaired) electrons. The third kappa shape index (κ3) is 4.51. The van der Waals surface area contributed by atoms with E-state index in [0.29, 0.717) is 11.6 Å². The fourth-order valence-corrected chi connectivity index (χ4v) is 3.09. The first kappa shape index (κ1) is 15.9. The lowest BCUT2D eigenvalue weighted by molar-refractivity contribution is -0.120. The fourth-order valence-electron chi connectivity index (χ4n) is 1.90. The molecule has 2 nitrogen and oxygen atoms in total. The maximum atomic E-state index is 12.2. The van der Waals surface area contributed by atoms with E-state index in [1.807, 2.05) is 49.4 Å². The molecule has 1 amide bonds. The topological polar surface area (TPSA) is 29.1 Å². The van der Waals surface area contributed by atoms with E-state index >= 15 is 0 Å². The van der Waals surface area contributed by atoms with Gasteiger partial charge in [0, 0.05) is 16.5 Å². The van der Waals surface area contributed by atoms with Gasteiger partial charge in [-0.25, -0.2) is 0 Å². The van der Waals surface area contributed by atoms with Gasteiger partial charge in [0.15, 0.2) is 0 Å². The second kappa shape index (κ2) is 7.53. The van der Waals surface area contributed by atoms with Gasteiger partial charge in [0.1, 0.15) is 0 Å². The van der Waals surface area contributed by atoms with Crippen molar-refractivity contribution in [1.29, 1.82) is 0 Å². The average molecular weight is 320 g/mol. The van der Waals surface area contributed by atoms with Crippen LogP contribution in [0.1, 0.15) is 18.1 Å². The number of rotatable bonds is 5. The van der Waals surface area contributed by atoms with E-state index in [4.69, 9.17) is 11.6 Å². The molecular weight excluding hydrogens is 302 g/mol. The molecule has 1 atom stereocenters. The van der Waals surface area contributed by atoms with Crippen LogP contribution in [-0.4, -0.2) is 11.2 Å². The number of benzene rings is 2. The first-order valence-corrected chi connectivity index (χ1v) is 8.07. The quantitative estimate of drug-likeness (QED) is 0.825. The highest BCUT2D eigenvalue weighted by Crippen LogP contribution is 2.26. The predicted molar refractivity (Wildman–Crippen MR) is 89.8 cm³/mol. The molecule has 2 aromatic carbocycles. The van der Waals surface area contributed by atoms with Crippen LogP contribution in [0.25, 0.3) is 0 Å². The minimum atomic E-state index is -0.145. The maximum Gasteiger partial charge on any atom is 0.233 e. The van der Waals surface area contributed by atoms with Gasteiger partial charge >= 0.3 is 0 Å². The summed E-state index contributed by atoms with van der Waals surface area (Å²) in [6.07, 6.45) is 0. The molecule has 0 heterocycles. The molecule has 2 aromatic rings. The van der Waals surface area contributed by atoms with Gasteiger partial charge in [0.05, 0.1) is 5.25 Å². The molecule has 2 rings (SSSR count). The molecule has 0 spiro atoms. The second-order valence-corrected chi connectivity index (χ2v) is 6.62. The van der Waals surface area contributed by atoms with Gasteiger partial charge in [-0.15, -0.1) is 11.8 Å². The molecule has 0 fully saturated rings. The number of halogens is 1. The van der Waals surface area contributed by atoms with Crippen molar-refractivity contribution in [1.82, 2.24) is 5.32 Å². The average Bonchev–Trinajstić information content (AvgIpc) is 2.48. The van der Waals surface area contributed by atoms with E-state index in [9.17, 15) is 4.79 Å². The molecule has 0 aromatic heterocycles. The third-order valence-corrected chi connectivity index (χ3v) is 4.83. The van der Waals surface area contributed by atoms with Gasteiger partial charge in [-0.3, -0.25) is 4.79 Å². The molecular formula is C17H18ClNOS. The Morgan fingerprint density at radius 3 is 2.57 bits per heavy atom. The standard InChI is InChI=1S/C17H18ClNOS/c1-12-7-3-6-10-16(12)21-13(2)17(20)19-11-14-8-4-5-9-15(14)18/h3-10,13H,11H2,1-2H3,(H,19,20). The van der Waals surface area contributed by atoms with Crippen molar-refractivity contribution in [3.63, 3.8) is 0 Å². The number of hydrogen-bond acceptors (Lipinski definition) is 2. The molecule has 0 saturated carbocycles. The zero-order valence-corrected chi connectivity index (χ0v) is 13.7. The normalized spacial score (nSPS) is 12.0. The van der Waals surface area contributed by atoms with Crippen molar-refractivity contribution in [2.75, 3.05) is 0 Å². The zero-order valence-electron chi connectivity index (χ0n) is 12.1. The molecule has 4 heteroatoms. The number of hydrogen-bond donors (Lipinski definition) is 1. The number of thioether (sulfide) groups is 1. The molecule has 1 unspecified atom stereocenters. The smallest absolute Gasteiger partial charge is 0.233 e. The van der Waals surface area contributed by atoms with Crippen molar-refractivity contribution in [3.05, 3.63) is 64.7 Å². The van der Waals surface area contributed by atoms with Gasteiger partial charge in [-0.05, 0) is 37.1 Å². The van der Waals surface area contributed by atoms with Crippen molar-refractivity contribution >= 4 is 29.3 Å². The molecule has 110 valence electrons. The monoisotopic (exact) mass is 319 g/mol. The number of aryl methyl sites for hydroxylation is 1. The minimum Gasteiger partial charge on any atom is -0.351 e. The lowest BCUT2D eigenvalue weighted by Crippen LogP contribution is -2.30. The van der Waals surface area contributed by atoms with E-state index in [1.54, 1.807) is 11.8 Å². The van der Waals surface area contributed by atoms with Crippen LogP contribution in [0.5, 0.6) is 0 Å². The Morgan fingerprint density at radius 1 is 1.19 bits per heavy atom. The lowest BCUT2D eigenvalue weighted by Gasteiger charge is -2.13. The van der Waals surface area contributed by atoms with Gasteiger partial charge in [0.25, 0.3) is 0 Å². The molecule has 0 saturated heterocycles. The molecule has 0 aliphatic heterocycles. The Bertz CT molecular complexity index is 630. The molecule has 0 bridgehead atoms. The first-order chi connectivity index (χ1) is 10.1. The summed E-state index contributed by atoms with van der Waals surface area (Å²) < 4.78 is 0. The van der Waals surface area contributed by atoms with Crippen molar-refractivity contribution in [2.24, 2.45) is 0 Å². The van der Waals surface area contributed by atoms with Crippen LogP contribution < -0.4 is 5.32 Å². The Balaban J connectivity index is 1.91. The van der Waals surface area contributed by atoms with E-state index in [1.165, 1.54) is 5.56 Å². The Hall–Kier alpha value is -1.45. The SMILES string of the molecule is Cc1ccccc1SC(C)C(=O)NCc1ccccc1Cl. The minimum absolute atomic E-state index is 0.0168. The summed E-state index contributed by atoms with van der Waals surface area (Å²) in [5, 5.41) is 3.47. The third-order valence-electron chi connectivity index (χ3n) is 3.18. The van der Waals surface area contributed by atoms with Crippen LogP contribution in [0.4, 0.5) is 0 Å². The van der Waals surface area contributed by atoms with Crippen LogP contribution in [0.15, 0.2) is 53.4 Å². The predicted octanol–water partition coefficient (Wildman–Crippen LogP) is 4.45. The van der Waals surface area contributed by atoms with E-state index in [2.05, 4.69) is 18.3 Å². The van der Waals surface area contributed by atoms with Gasteiger partial charge in [-0.2, -0.15) is 0 Å². The molecule has 0 aliphatic carbocycles. The summed E-state index contributed by atoms with van der Waals surface area (Å²) in [6.45, 7) is 4.42. The number of amides is 1. The highest BCUT2D eigenvalue weighted by atomic mass is 35.5. The zero-order chi connectivity index (χ0) is 15.2. The lowest BCUT2D eigenvalue weighted by atomic mass is 10.2. The van der Waals surface area contributed by atoms with Crippen LogP contribution in [0, 0.1) is 6.92 Å². The van der Waals surface area contributed by atoms with Gasteiger partial charge < -0.3 is 5.32 Å². The fraction of sp³-hybridized carbons (Fsp3) is 0.235. The van der Waals surface area contributed by atoms with E-state index < -0.39 is 0 Å². The largest absolute Gasteiger partial charge is 0.351 e.